The number of carbonyl (C=O) groups excluding carboxylic acids is 1. The summed E-state index contributed by atoms with van der Waals surface area (Å²) in [7, 11) is 0. The van der Waals surface area contributed by atoms with Crippen LogP contribution in [0.1, 0.15) is 16.1 Å². The van der Waals surface area contributed by atoms with Crippen molar-refractivity contribution in [2.24, 2.45) is 5.10 Å². The van der Waals surface area contributed by atoms with Gasteiger partial charge in [0.1, 0.15) is 0 Å². The van der Waals surface area contributed by atoms with Gasteiger partial charge in [0.05, 0.1) is 11.9 Å². The predicted molar refractivity (Wildman–Crippen MR) is 100.0 cm³/mol. The van der Waals surface area contributed by atoms with Crippen LogP contribution in [-0.4, -0.2) is 16.7 Å². The van der Waals surface area contributed by atoms with Crippen LogP contribution in [0.5, 0.6) is 0 Å². The third-order valence-corrected chi connectivity index (χ3v) is 3.94. The minimum Gasteiger partial charge on any atom is -0.316 e. The second kappa shape index (κ2) is 7.23. The highest BCUT2D eigenvalue weighted by Crippen LogP contribution is 2.11. The number of aromatic nitrogens is 1. The fraction of sp³-hybridized carbons (Fsp3) is 0. The molecule has 1 N–H and O–H groups in total. The number of hydrazone groups is 1. The zero-order chi connectivity index (χ0) is 16.1. The van der Waals surface area contributed by atoms with Crippen molar-refractivity contribution in [3.05, 3.63) is 87.8 Å². The molecule has 1 heterocycles. The molecule has 0 fully saturated rings. The van der Waals surface area contributed by atoms with Crippen LogP contribution in [0.2, 0.25) is 0 Å². The lowest BCUT2D eigenvalue weighted by Crippen LogP contribution is -2.17. The Bertz CT molecular complexity index is 840. The summed E-state index contributed by atoms with van der Waals surface area (Å²) in [6.07, 6.45) is 3.59. The van der Waals surface area contributed by atoms with E-state index in [1.54, 1.807) is 12.3 Å². The van der Waals surface area contributed by atoms with Gasteiger partial charge in [-0.05, 0) is 65.1 Å². The van der Waals surface area contributed by atoms with Crippen LogP contribution >= 0.6 is 22.6 Å². The number of carbonyl (C=O) groups is 1. The van der Waals surface area contributed by atoms with Crippen molar-refractivity contribution < 1.29 is 4.79 Å². The third-order valence-electron chi connectivity index (χ3n) is 3.26. The van der Waals surface area contributed by atoms with Crippen molar-refractivity contribution in [3.63, 3.8) is 0 Å². The first-order valence-electron chi connectivity index (χ1n) is 7.06. The molecule has 23 heavy (non-hydrogen) atoms. The number of nitrogens with zero attached hydrogens (tertiary/aromatic N) is 2. The first-order valence-corrected chi connectivity index (χ1v) is 8.14. The smallest absolute Gasteiger partial charge is 0.271 e. The van der Waals surface area contributed by atoms with Crippen LogP contribution < -0.4 is 5.43 Å². The second-order valence-corrected chi connectivity index (χ2v) is 6.09. The van der Waals surface area contributed by atoms with E-state index in [1.165, 1.54) is 0 Å². The number of para-hydroxylation sites is 1. The molecule has 0 saturated carbocycles. The van der Waals surface area contributed by atoms with E-state index in [1.807, 2.05) is 71.4 Å². The summed E-state index contributed by atoms with van der Waals surface area (Å²) in [4.78, 5) is 12.0. The lowest BCUT2D eigenvalue weighted by atomic mass is 10.2. The van der Waals surface area contributed by atoms with Crippen LogP contribution in [0.15, 0.2) is 78.0 Å². The molecule has 0 unspecified atom stereocenters. The minimum atomic E-state index is -0.224. The Morgan fingerprint density at radius 3 is 2.65 bits per heavy atom. The monoisotopic (exact) mass is 415 g/mol. The molecule has 4 nitrogen and oxygen atoms in total. The topological polar surface area (TPSA) is 46.4 Å². The molecule has 0 aliphatic heterocycles. The summed E-state index contributed by atoms with van der Waals surface area (Å²) in [5.41, 5.74) is 5.08. The van der Waals surface area contributed by atoms with Crippen LogP contribution in [0, 0.1) is 3.57 Å². The Labute approximate surface area is 148 Å². The van der Waals surface area contributed by atoms with Crippen LogP contribution in [0.3, 0.4) is 0 Å². The van der Waals surface area contributed by atoms with Crippen molar-refractivity contribution >= 4 is 34.7 Å². The maximum absolute atomic E-state index is 12.0. The maximum atomic E-state index is 12.0. The van der Waals surface area contributed by atoms with E-state index >= 15 is 0 Å². The molecule has 0 bridgehead atoms. The van der Waals surface area contributed by atoms with Crippen LogP contribution in [0.25, 0.3) is 5.69 Å². The Balaban J connectivity index is 1.72. The van der Waals surface area contributed by atoms with E-state index in [0.717, 1.165) is 15.0 Å². The molecule has 3 aromatic rings. The first-order chi connectivity index (χ1) is 11.2. The van der Waals surface area contributed by atoms with Crippen molar-refractivity contribution in [1.82, 2.24) is 9.99 Å². The van der Waals surface area contributed by atoms with Crippen molar-refractivity contribution in [2.45, 2.75) is 0 Å². The van der Waals surface area contributed by atoms with E-state index in [9.17, 15) is 4.79 Å². The van der Waals surface area contributed by atoms with Gasteiger partial charge in [-0.1, -0.05) is 24.3 Å². The van der Waals surface area contributed by atoms with Crippen LogP contribution in [-0.2, 0) is 0 Å². The first kappa shape index (κ1) is 15.5. The van der Waals surface area contributed by atoms with Gasteiger partial charge in [0.25, 0.3) is 5.91 Å². The van der Waals surface area contributed by atoms with E-state index in [-0.39, 0.29) is 5.91 Å². The zero-order valence-electron chi connectivity index (χ0n) is 12.2. The highest BCUT2D eigenvalue weighted by atomic mass is 127. The van der Waals surface area contributed by atoms with E-state index in [4.69, 9.17) is 0 Å². The second-order valence-electron chi connectivity index (χ2n) is 4.85. The van der Waals surface area contributed by atoms with Gasteiger partial charge in [0.2, 0.25) is 0 Å². The van der Waals surface area contributed by atoms with Gasteiger partial charge in [-0.2, -0.15) is 5.10 Å². The van der Waals surface area contributed by atoms with E-state index < -0.39 is 0 Å². The SMILES string of the molecule is O=C(N/N=C\c1cccn1-c1ccccc1)c1cccc(I)c1. The molecule has 0 atom stereocenters. The Morgan fingerprint density at radius 1 is 1.04 bits per heavy atom. The molecule has 2 aromatic carbocycles. The number of rotatable bonds is 4. The molecule has 1 amide bonds. The molecule has 0 aliphatic carbocycles. The van der Waals surface area contributed by atoms with Gasteiger partial charge in [-0.25, -0.2) is 5.43 Å². The zero-order valence-corrected chi connectivity index (χ0v) is 14.3. The normalized spacial score (nSPS) is 10.8. The Hall–Kier alpha value is -2.41. The molecule has 0 radical (unpaired) electrons. The maximum Gasteiger partial charge on any atom is 0.271 e. The van der Waals surface area contributed by atoms with Gasteiger partial charge < -0.3 is 4.57 Å². The predicted octanol–water partition coefficient (Wildman–Crippen LogP) is 3.85. The largest absolute Gasteiger partial charge is 0.316 e. The van der Waals surface area contributed by atoms with Gasteiger partial charge in [0.15, 0.2) is 0 Å². The average Bonchev–Trinajstić information content (AvgIpc) is 3.04. The highest BCUT2D eigenvalue weighted by molar-refractivity contribution is 14.1. The molecular weight excluding hydrogens is 401 g/mol. The van der Waals surface area contributed by atoms with E-state index in [0.29, 0.717) is 5.56 Å². The lowest BCUT2D eigenvalue weighted by molar-refractivity contribution is 0.0955. The number of nitrogens with one attached hydrogen (secondary N) is 1. The summed E-state index contributed by atoms with van der Waals surface area (Å²) >= 11 is 2.17. The van der Waals surface area contributed by atoms with Gasteiger partial charge in [-0.15, -0.1) is 0 Å². The summed E-state index contributed by atoms with van der Waals surface area (Å²) in [5.74, 6) is -0.224. The third kappa shape index (κ3) is 3.87. The molecule has 3 rings (SSSR count). The van der Waals surface area contributed by atoms with Crippen LogP contribution in [0.4, 0.5) is 0 Å². The molecule has 0 spiro atoms. The Morgan fingerprint density at radius 2 is 1.87 bits per heavy atom. The number of halogens is 1. The van der Waals surface area contributed by atoms with Crippen molar-refractivity contribution in [1.29, 1.82) is 0 Å². The molecule has 5 heteroatoms. The minimum absolute atomic E-state index is 0.224. The van der Waals surface area contributed by atoms with Gasteiger partial charge in [-0.3, -0.25) is 4.79 Å². The summed E-state index contributed by atoms with van der Waals surface area (Å²) in [5, 5.41) is 4.06. The average molecular weight is 415 g/mol. The number of amides is 1. The van der Waals surface area contributed by atoms with Crippen molar-refractivity contribution in [3.8, 4) is 5.69 Å². The molecule has 1 aromatic heterocycles. The van der Waals surface area contributed by atoms with Gasteiger partial charge >= 0.3 is 0 Å². The summed E-state index contributed by atoms with van der Waals surface area (Å²) in [6.45, 7) is 0. The summed E-state index contributed by atoms with van der Waals surface area (Å²) in [6, 6.07) is 21.2. The fourth-order valence-corrected chi connectivity index (χ4v) is 2.72. The number of hydrogen-bond acceptors (Lipinski definition) is 2. The Kier molecular flexibility index (Phi) is 4.87. The number of hydrogen-bond donors (Lipinski definition) is 1. The molecule has 0 saturated heterocycles. The van der Waals surface area contributed by atoms with E-state index in [2.05, 4.69) is 33.1 Å². The quantitative estimate of drug-likeness (QED) is 0.393. The van der Waals surface area contributed by atoms with Gasteiger partial charge in [0, 0.05) is 21.0 Å². The molecule has 114 valence electrons. The molecule has 0 aliphatic rings. The van der Waals surface area contributed by atoms with Crippen molar-refractivity contribution in [2.75, 3.05) is 0 Å². The number of benzene rings is 2. The standard InChI is InChI=1S/C18H14IN3O/c19-15-7-4-6-14(12-15)18(23)21-20-13-17-10-5-11-22(17)16-8-2-1-3-9-16/h1-13H,(H,21,23)/b20-13-. The lowest BCUT2D eigenvalue weighted by Gasteiger charge is -2.05. The molecular formula is C18H14IN3O. The summed E-state index contributed by atoms with van der Waals surface area (Å²) < 4.78 is 3.01. The highest BCUT2D eigenvalue weighted by Gasteiger charge is 2.04. The fourth-order valence-electron chi connectivity index (χ4n) is 2.17.